The van der Waals surface area contributed by atoms with Gasteiger partial charge in [0.2, 0.25) is 0 Å². The van der Waals surface area contributed by atoms with Crippen LogP contribution in [-0.4, -0.2) is 41.9 Å². The summed E-state index contributed by atoms with van der Waals surface area (Å²) in [6, 6.07) is 4.00. The fourth-order valence-corrected chi connectivity index (χ4v) is 3.38. The van der Waals surface area contributed by atoms with Crippen LogP contribution in [0.2, 0.25) is 0 Å². The number of nitrogens with two attached hydrogens (primary N) is 1. The van der Waals surface area contributed by atoms with Gasteiger partial charge in [-0.3, -0.25) is 9.78 Å². The molecule has 0 saturated heterocycles. The first-order valence-corrected chi connectivity index (χ1v) is 8.06. The van der Waals surface area contributed by atoms with Gasteiger partial charge >= 0.3 is 0 Å². The number of rotatable bonds is 6. The summed E-state index contributed by atoms with van der Waals surface area (Å²) < 4.78 is 13.0. The Morgan fingerprint density at radius 3 is 2.78 bits per heavy atom. The highest BCUT2D eigenvalue weighted by Gasteiger charge is 2.24. The monoisotopic (exact) mass is 317 g/mol. The Labute approximate surface area is 135 Å². The molecule has 6 nitrogen and oxygen atoms in total. The van der Waals surface area contributed by atoms with Gasteiger partial charge in [-0.25, -0.2) is 0 Å². The zero-order valence-corrected chi connectivity index (χ0v) is 13.4. The second-order valence-corrected chi connectivity index (χ2v) is 5.97. The maximum Gasteiger partial charge on any atom is 0.250 e. The minimum absolute atomic E-state index is 0.303. The van der Waals surface area contributed by atoms with E-state index in [9.17, 15) is 4.79 Å². The van der Waals surface area contributed by atoms with E-state index in [1.54, 1.807) is 19.4 Å². The molecule has 1 aliphatic rings. The highest BCUT2D eigenvalue weighted by molar-refractivity contribution is 6.04. The van der Waals surface area contributed by atoms with Crippen molar-refractivity contribution < 1.29 is 14.3 Å². The van der Waals surface area contributed by atoms with Gasteiger partial charge in [-0.15, -0.1) is 0 Å². The van der Waals surface area contributed by atoms with Crippen LogP contribution in [0.15, 0.2) is 24.5 Å². The zero-order valence-electron chi connectivity index (χ0n) is 13.4. The molecule has 1 fully saturated rings. The number of aromatic nitrogens is 2. The maximum atomic E-state index is 11.7. The van der Waals surface area contributed by atoms with E-state index in [-0.39, 0.29) is 0 Å². The van der Waals surface area contributed by atoms with Crippen molar-refractivity contribution >= 4 is 16.9 Å². The number of carbonyl (C=O) groups is 1. The molecule has 0 radical (unpaired) electrons. The first-order chi connectivity index (χ1) is 11.2. The van der Waals surface area contributed by atoms with Gasteiger partial charge in [0.15, 0.2) is 0 Å². The second-order valence-electron chi connectivity index (χ2n) is 5.97. The summed E-state index contributed by atoms with van der Waals surface area (Å²) >= 11 is 0. The molecular weight excluding hydrogens is 294 g/mol. The second kappa shape index (κ2) is 7.10. The summed E-state index contributed by atoms with van der Waals surface area (Å²) in [6.07, 6.45) is 8.02. The summed E-state index contributed by atoms with van der Waals surface area (Å²) in [5, 5.41) is 0. The minimum atomic E-state index is -0.408. The SMILES string of the molecule is COCCOC1CCC(n2ccc3nccc(C(N)=O)c32)CC1. The van der Waals surface area contributed by atoms with Crippen LogP contribution in [0.5, 0.6) is 0 Å². The van der Waals surface area contributed by atoms with E-state index in [1.807, 2.05) is 12.3 Å². The third kappa shape index (κ3) is 3.38. The molecule has 2 heterocycles. The van der Waals surface area contributed by atoms with Crippen molar-refractivity contribution in [1.29, 1.82) is 0 Å². The topological polar surface area (TPSA) is 79.4 Å². The lowest BCUT2D eigenvalue weighted by atomic mass is 9.92. The molecule has 2 N–H and O–H groups in total. The van der Waals surface area contributed by atoms with Crippen LogP contribution in [0.3, 0.4) is 0 Å². The number of methoxy groups -OCH3 is 1. The van der Waals surface area contributed by atoms with Crippen LogP contribution in [0, 0.1) is 0 Å². The minimum Gasteiger partial charge on any atom is -0.382 e. The first-order valence-electron chi connectivity index (χ1n) is 8.06. The van der Waals surface area contributed by atoms with Crippen molar-refractivity contribution in [3.8, 4) is 0 Å². The zero-order chi connectivity index (χ0) is 16.2. The molecule has 2 aromatic heterocycles. The highest BCUT2D eigenvalue weighted by Crippen LogP contribution is 2.33. The van der Waals surface area contributed by atoms with Gasteiger partial charge in [0.1, 0.15) is 0 Å². The van der Waals surface area contributed by atoms with E-state index in [0.29, 0.717) is 30.9 Å². The Balaban J connectivity index is 1.74. The lowest BCUT2D eigenvalue weighted by molar-refractivity contribution is -0.00619. The summed E-state index contributed by atoms with van der Waals surface area (Å²) in [4.78, 5) is 16.0. The van der Waals surface area contributed by atoms with Crippen molar-refractivity contribution in [2.24, 2.45) is 5.73 Å². The van der Waals surface area contributed by atoms with E-state index in [0.717, 1.165) is 36.7 Å². The molecule has 0 atom stereocenters. The molecule has 2 aromatic rings. The molecule has 0 aliphatic heterocycles. The van der Waals surface area contributed by atoms with E-state index < -0.39 is 5.91 Å². The quantitative estimate of drug-likeness (QED) is 0.829. The van der Waals surface area contributed by atoms with Gasteiger partial charge in [-0.2, -0.15) is 0 Å². The van der Waals surface area contributed by atoms with Gasteiger partial charge in [0.25, 0.3) is 5.91 Å². The number of hydrogen-bond acceptors (Lipinski definition) is 4. The van der Waals surface area contributed by atoms with Crippen molar-refractivity contribution in [2.75, 3.05) is 20.3 Å². The van der Waals surface area contributed by atoms with Gasteiger partial charge in [-0.05, 0) is 37.8 Å². The van der Waals surface area contributed by atoms with E-state index in [1.165, 1.54) is 0 Å². The smallest absolute Gasteiger partial charge is 0.250 e. The number of nitrogens with zero attached hydrogens (tertiary/aromatic N) is 2. The molecule has 23 heavy (non-hydrogen) atoms. The van der Waals surface area contributed by atoms with Crippen LogP contribution in [0.1, 0.15) is 42.1 Å². The van der Waals surface area contributed by atoms with E-state index in [2.05, 4.69) is 9.55 Å². The third-order valence-electron chi connectivity index (χ3n) is 4.55. The summed E-state index contributed by atoms with van der Waals surface area (Å²) in [5.74, 6) is -0.408. The molecule has 3 rings (SSSR count). The van der Waals surface area contributed by atoms with Gasteiger partial charge in [0.05, 0.1) is 35.9 Å². The lowest BCUT2D eigenvalue weighted by Gasteiger charge is -2.30. The Kier molecular flexibility index (Phi) is 4.93. The van der Waals surface area contributed by atoms with Crippen molar-refractivity contribution in [3.05, 3.63) is 30.1 Å². The number of carbonyl (C=O) groups excluding carboxylic acids is 1. The summed E-state index contributed by atoms with van der Waals surface area (Å²) in [5.41, 5.74) is 7.73. The number of amides is 1. The van der Waals surface area contributed by atoms with E-state index in [4.69, 9.17) is 15.2 Å². The number of fused-ring (bicyclic) bond motifs is 1. The van der Waals surface area contributed by atoms with Gasteiger partial charge < -0.3 is 19.8 Å². The molecular formula is C17H23N3O3. The largest absolute Gasteiger partial charge is 0.382 e. The fourth-order valence-electron chi connectivity index (χ4n) is 3.38. The third-order valence-corrected chi connectivity index (χ3v) is 4.55. The van der Waals surface area contributed by atoms with Gasteiger partial charge in [0, 0.05) is 25.5 Å². The maximum absolute atomic E-state index is 11.7. The Hall–Kier alpha value is -1.92. The van der Waals surface area contributed by atoms with Crippen molar-refractivity contribution in [2.45, 2.75) is 37.8 Å². The van der Waals surface area contributed by atoms with Crippen LogP contribution in [0.25, 0.3) is 11.0 Å². The van der Waals surface area contributed by atoms with Crippen LogP contribution in [-0.2, 0) is 9.47 Å². The van der Waals surface area contributed by atoms with Crippen LogP contribution < -0.4 is 5.73 Å². The Morgan fingerprint density at radius 1 is 1.30 bits per heavy atom. The van der Waals surface area contributed by atoms with Gasteiger partial charge in [-0.1, -0.05) is 0 Å². The van der Waals surface area contributed by atoms with Crippen LogP contribution >= 0.6 is 0 Å². The number of primary amides is 1. The molecule has 1 saturated carbocycles. The molecule has 1 aliphatic carbocycles. The molecule has 1 amide bonds. The predicted octanol–water partition coefficient (Wildman–Crippen LogP) is 2.28. The first kappa shape index (κ1) is 16.0. The summed E-state index contributed by atoms with van der Waals surface area (Å²) in [6.45, 7) is 1.28. The Morgan fingerprint density at radius 2 is 2.09 bits per heavy atom. The Bertz CT molecular complexity index is 675. The molecule has 6 heteroatoms. The lowest BCUT2D eigenvalue weighted by Crippen LogP contribution is -2.25. The fraction of sp³-hybridized carbons (Fsp3) is 0.529. The highest BCUT2D eigenvalue weighted by atomic mass is 16.5. The van der Waals surface area contributed by atoms with Crippen LogP contribution in [0.4, 0.5) is 0 Å². The van der Waals surface area contributed by atoms with Crippen molar-refractivity contribution in [1.82, 2.24) is 9.55 Å². The average Bonchev–Trinajstić information content (AvgIpc) is 2.99. The molecule has 0 aromatic carbocycles. The van der Waals surface area contributed by atoms with E-state index >= 15 is 0 Å². The normalized spacial score (nSPS) is 21.6. The predicted molar refractivity (Wildman–Crippen MR) is 87.4 cm³/mol. The van der Waals surface area contributed by atoms with Crippen molar-refractivity contribution in [3.63, 3.8) is 0 Å². The average molecular weight is 317 g/mol. The molecule has 0 spiro atoms. The number of pyridine rings is 1. The molecule has 124 valence electrons. The number of hydrogen-bond donors (Lipinski definition) is 1. The molecule has 0 unspecified atom stereocenters. The summed E-state index contributed by atoms with van der Waals surface area (Å²) in [7, 11) is 1.68. The number of ether oxygens (including phenoxy) is 2. The molecule has 0 bridgehead atoms. The standard InChI is InChI=1S/C17H23N3O3/c1-22-10-11-23-13-4-2-12(3-5-13)20-9-7-15-16(20)14(17(18)21)6-8-19-15/h6-9,12-13H,2-5,10-11H2,1H3,(H2,18,21).